The largest absolute Gasteiger partial charge is 0.490 e. The predicted octanol–water partition coefficient (Wildman–Crippen LogP) is 3.00. The van der Waals surface area contributed by atoms with Crippen LogP contribution in [0.3, 0.4) is 0 Å². The monoisotopic (exact) mass is 312 g/mol. The molecule has 3 rings (SSSR count). The summed E-state index contributed by atoms with van der Waals surface area (Å²) in [5.74, 6) is 1.73. The van der Waals surface area contributed by atoms with E-state index in [0.717, 1.165) is 24.5 Å². The molecule has 0 spiro atoms. The highest BCUT2D eigenvalue weighted by atomic mass is 16.5. The summed E-state index contributed by atoms with van der Waals surface area (Å²) in [6.45, 7) is 8.57. The summed E-state index contributed by atoms with van der Waals surface area (Å²) in [6.07, 6.45) is 1.07. The summed E-state index contributed by atoms with van der Waals surface area (Å²) in [7, 11) is 0. The van der Waals surface area contributed by atoms with Crippen molar-refractivity contribution in [2.75, 3.05) is 19.8 Å². The number of rotatable bonds is 5. The zero-order chi connectivity index (χ0) is 16.2. The molecule has 0 amide bonds. The van der Waals surface area contributed by atoms with Gasteiger partial charge in [-0.1, -0.05) is 29.8 Å². The fourth-order valence-corrected chi connectivity index (χ4v) is 3.28. The fourth-order valence-electron chi connectivity index (χ4n) is 3.28. The van der Waals surface area contributed by atoms with Crippen molar-refractivity contribution in [2.24, 2.45) is 0 Å². The third kappa shape index (κ3) is 3.35. The molecular formula is C20H26NO2+. The quantitative estimate of drug-likeness (QED) is 0.921. The van der Waals surface area contributed by atoms with Gasteiger partial charge in [-0.15, -0.1) is 0 Å². The summed E-state index contributed by atoms with van der Waals surface area (Å²) >= 11 is 0. The van der Waals surface area contributed by atoms with Gasteiger partial charge in [0.1, 0.15) is 6.04 Å². The minimum absolute atomic E-state index is 0.342. The van der Waals surface area contributed by atoms with Gasteiger partial charge >= 0.3 is 0 Å². The Labute approximate surface area is 138 Å². The first-order chi connectivity index (χ1) is 11.2. The van der Waals surface area contributed by atoms with Gasteiger partial charge in [0, 0.05) is 17.5 Å². The van der Waals surface area contributed by atoms with Crippen molar-refractivity contribution < 1.29 is 14.8 Å². The summed E-state index contributed by atoms with van der Waals surface area (Å²) in [4.78, 5) is 0. The van der Waals surface area contributed by atoms with Crippen LogP contribution >= 0.6 is 0 Å². The van der Waals surface area contributed by atoms with Crippen molar-refractivity contribution >= 4 is 0 Å². The Hall–Kier alpha value is -2.00. The lowest BCUT2D eigenvalue weighted by Gasteiger charge is -2.26. The first-order valence-electron chi connectivity index (χ1n) is 8.55. The van der Waals surface area contributed by atoms with E-state index in [-0.39, 0.29) is 0 Å². The standard InChI is InChI=1S/C20H25NO2/c1-4-22-18-12-16-10-11-21-20(15-8-6-14(3)7-9-15)17(16)13-19(18)23-5-2/h6-9,12-13,20-21H,4-5,10-11H2,1-3H3/p+1/t20-/m1/s1. The second-order valence-electron chi connectivity index (χ2n) is 6.03. The van der Waals surface area contributed by atoms with Crippen molar-refractivity contribution in [1.29, 1.82) is 0 Å². The van der Waals surface area contributed by atoms with Crippen LogP contribution in [0.15, 0.2) is 36.4 Å². The Morgan fingerprint density at radius 1 is 1.00 bits per heavy atom. The molecule has 3 heteroatoms. The molecule has 1 aliphatic rings. The molecular weight excluding hydrogens is 286 g/mol. The first-order valence-corrected chi connectivity index (χ1v) is 8.55. The van der Waals surface area contributed by atoms with Gasteiger partial charge in [0.2, 0.25) is 0 Å². The van der Waals surface area contributed by atoms with Gasteiger partial charge in [0.15, 0.2) is 11.5 Å². The van der Waals surface area contributed by atoms with Crippen LogP contribution in [0, 0.1) is 6.92 Å². The molecule has 0 saturated heterocycles. The average Bonchev–Trinajstić information content (AvgIpc) is 2.56. The van der Waals surface area contributed by atoms with Gasteiger partial charge in [-0.3, -0.25) is 0 Å². The lowest BCUT2D eigenvalue weighted by Crippen LogP contribution is -2.87. The molecule has 1 heterocycles. The zero-order valence-corrected chi connectivity index (χ0v) is 14.3. The molecule has 0 radical (unpaired) electrons. The minimum atomic E-state index is 0.342. The van der Waals surface area contributed by atoms with Crippen molar-refractivity contribution in [2.45, 2.75) is 33.2 Å². The van der Waals surface area contributed by atoms with E-state index < -0.39 is 0 Å². The van der Waals surface area contributed by atoms with Crippen LogP contribution in [0.4, 0.5) is 0 Å². The van der Waals surface area contributed by atoms with Crippen LogP contribution in [0.25, 0.3) is 0 Å². The number of quaternary nitrogens is 1. The normalized spacial score (nSPS) is 16.7. The lowest BCUT2D eigenvalue weighted by atomic mass is 9.89. The molecule has 0 unspecified atom stereocenters. The minimum Gasteiger partial charge on any atom is -0.490 e. The molecule has 0 fully saturated rings. The molecule has 0 bridgehead atoms. The van der Waals surface area contributed by atoms with E-state index in [1.165, 1.54) is 22.3 Å². The van der Waals surface area contributed by atoms with Crippen molar-refractivity contribution in [3.8, 4) is 11.5 Å². The molecule has 3 nitrogen and oxygen atoms in total. The van der Waals surface area contributed by atoms with Crippen molar-refractivity contribution in [3.63, 3.8) is 0 Å². The van der Waals surface area contributed by atoms with Gasteiger partial charge in [0.25, 0.3) is 0 Å². The maximum Gasteiger partial charge on any atom is 0.161 e. The van der Waals surface area contributed by atoms with E-state index in [1.54, 1.807) is 0 Å². The Morgan fingerprint density at radius 3 is 2.30 bits per heavy atom. The van der Waals surface area contributed by atoms with E-state index in [4.69, 9.17) is 9.47 Å². The van der Waals surface area contributed by atoms with Gasteiger partial charge in [-0.2, -0.15) is 0 Å². The van der Waals surface area contributed by atoms with E-state index in [9.17, 15) is 0 Å². The predicted molar refractivity (Wildman–Crippen MR) is 92.3 cm³/mol. The summed E-state index contributed by atoms with van der Waals surface area (Å²) in [6, 6.07) is 13.6. The summed E-state index contributed by atoms with van der Waals surface area (Å²) in [5, 5.41) is 2.42. The molecule has 2 aromatic carbocycles. The maximum atomic E-state index is 5.82. The van der Waals surface area contributed by atoms with Crippen LogP contribution < -0.4 is 14.8 Å². The Balaban J connectivity index is 2.02. The Bertz CT molecular complexity index is 664. The lowest BCUT2D eigenvalue weighted by molar-refractivity contribution is -0.690. The van der Waals surface area contributed by atoms with Crippen LogP contribution in [-0.2, 0) is 6.42 Å². The van der Waals surface area contributed by atoms with Crippen LogP contribution in [0.2, 0.25) is 0 Å². The second kappa shape index (κ2) is 7.05. The Kier molecular flexibility index (Phi) is 4.87. The SMILES string of the molecule is CCOc1cc2c(cc1OCC)[C@@H](c1ccc(C)cc1)[NH2+]CC2. The van der Waals surface area contributed by atoms with Gasteiger partial charge in [-0.05, 0) is 38.5 Å². The van der Waals surface area contributed by atoms with Gasteiger partial charge in [0.05, 0.1) is 19.8 Å². The first kappa shape index (κ1) is 15.9. The van der Waals surface area contributed by atoms with Crippen molar-refractivity contribution in [3.05, 3.63) is 58.7 Å². The molecule has 1 aliphatic heterocycles. The topological polar surface area (TPSA) is 35.1 Å². The second-order valence-corrected chi connectivity index (χ2v) is 6.03. The van der Waals surface area contributed by atoms with Crippen molar-refractivity contribution in [1.82, 2.24) is 0 Å². The number of hydrogen-bond acceptors (Lipinski definition) is 2. The Morgan fingerprint density at radius 2 is 1.65 bits per heavy atom. The molecule has 0 aliphatic carbocycles. The average molecular weight is 312 g/mol. The zero-order valence-electron chi connectivity index (χ0n) is 14.3. The van der Waals surface area contributed by atoms with Crippen LogP contribution in [0.5, 0.6) is 11.5 Å². The molecule has 122 valence electrons. The number of benzene rings is 2. The number of ether oxygens (including phenoxy) is 2. The number of aryl methyl sites for hydroxylation is 1. The highest BCUT2D eigenvalue weighted by molar-refractivity contribution is 5.50. The molecule has 2 aromatic rings. The highest BCUT2D eigenvalue weighted by Crippen LogP contribution is 2.36. The number of fused-ring (bicyclic) bond motifs is 1. The van der Waals surface area contributed by atoms with E-state index in [1.807, 2.05) is 13.8 Å². The summed E-state index contributed by atoms with van der Waals surface area (Å²) in [5.41, 5.74) is 5.38. The van der Waals surface area contributed by atoms with Crippen LogP contribution in [0.1, 0.15) is 42.1 Å². The summed E-state index contributed by atoms with van der Waals surface area (Å²) < 4.78 is 11.6. The molecule has 2 N–H and O–H groups in total. The molecule has 23 heavy (non-hydrogen) atoms. The van der Waals surface area contributed by atoms with Crippen LogP contribution in [-0.4, -0.2) is 19.8 Å². The van der Waals surface area contributed by atoms with E-state index in [0.29, 0.717) is 19.3 Å². The third-order valence-corrected chi connectivity index (χ3v) is 4.39. The van der Waals surface area contributed by atoms with E-state index >= 15 is 0 Å². The molecule has 1 atom stereocenters. The number of nitrogens with two attached hydrogens (primary N) is 1. The maximum absolute atomic E-state index is 5.82. The van der Waals surface area contributed by atoms with Gasteiger partial charge in [-0.25, -0.2) is 0 Å². The third-order valence-electron chi connectivity index (χ3n) is 4.39. The van der Waals surface area contributed by atoms with E-state index in [2.05, 4.69) is 48.6 Å². The fraction of sp³-hybridized carbons (Fsp3) is 0.400. The number of hydrogen-bond donors (Lipinski definition) is 1. The molecule has 0 saturated carbocycles. The smallest absolute Gasteiger partial charge is 0.161 e. The highest BCUT2D eigenvalue weighted by Gasteiger charge is 2.27. The van der Waals surface area contributed by atoms with Gasteiger partial charge < -0.3 is 14.8 Å². The molecule has 0 aromatic heterocycles.